The van der Waals surface area contributed by atoms with E-state index in [1.807, 2.05) is 29.2 Å². The van der Waals surface area contributed by atoms with Crippen LogP contribution in [0, 0.1) is 6.92 Å². The molecule has 0 spiro atoms. The molecule has 0 aliphatic rings. The SMILES string of the molecule is Cc1ccn(CCc2nc(CCl)cs2)n1. The van der Waals surface area contributed by atoms with Crippen LogP contribution in [0.25, 0.3) is 0 Å². The largest absolute Gasteiger partial charge is 0.272 e. The number of halogens is 1. The molecule has 5 heteroatoms. The summed E-state index contributed by atoms with van der Waals surface area (Å²) in [6.07, 6.45) is 2.91. The first kappa shape index (κ1) is 10.6. The summed E-state index contributed by atoms with van der Waals surface area (Å²) in [4.78, 5) is 4.40. The van der Waals surface area contributed by atoms with Gasteiger partial charge < -0.3 is 0 Å². The molecule has 0 aliphatic carbocycles. The highest BCUT2D eigenvalue weighted by atomic mass is 35.5. The van der Waals surface area contributed by atoms with E-state index in [1.165, 1.54) is 0 Å². The molecule has 2 heterocycles. The summed E-state index contributed by atoms with van der Waals surface area (Å²) in [6, 6.07) is 2.01. The second-order valence-electron chi connectivity index (χ2n) is 3.34. The lowest BCUT2D eigenvalue weighted by Crippen LogP contribution is -2.01. The van der Waals surface area contributed by atoms with E-state index in [-0.39, 0.29) is 0 Å². The Kier molecular flexibility index (Phi) is 3.38. The molecule has 0 aromatic carbocycles. The van der Waals surface area contributed by atoms with Crippen LogP contribution in [0.15, 0.2) is 17.6 Å². The smallest absolute Gasteiger partial charge is 0.0947 e. The zero-order valence-electron chi connectivity index (χ0n) is 8.48. The predicted octanol–water partition coefficient (Wildman–Crippen LogP) is 2.63. The van der Waals surface area contributed by atoms with Gasteiger partial charge in [0.2, 0.25) is 0 Å². The van der Waals surface area contributed by atoms with Crippen LogP contribution >= 0.6 is 22.9 Å². The number of rotatable bonds is 4. The molecule has 0 atom stereocenters. The van der Waals surface area contributed by atoms with Gasteiger partial charge in [0, 0.05) is 24.5 Å². The molecule has 2 aromatic heterocycles. The standard InChI is InChI=1S/C10H12ClN3S/c1-8-2-4-14(13-8)5-3-10-12-9(6-11)7-15-10/h2,4,7H,3,5-6H2,1H3. The molecule has 2 aromatic rings. The van der Waals surface area contributed by atoms with Gasteiger partial charge in [-0.2, -0.15) is 5.10 Å². The molecule has 0 amide bonds. The molecule has 0 bridgehead atoms. The lowest BCUT2D eigenvalue weighted by Gasteiger charge is -1.97. The minimum Gasteiger partial charge on any atom is -0.272 e. The van der Waals surface area contributed by atoms with Crippen molar-refractivity contribution in [3.8, 4) is 0 Å². The van der Waals surface area contributed by atoms with Crippen LogP contribution in [-0.2, 0) is 18.8 Å². The number of alkyl halides is 1. The van der Waals surface area contributed by atoms with Gasteiger partial charge >= 0.3 is 0 Å². The van der Waals surface area contributed by atoms with Gasteiger partial charge in [0.15, 0.2) is 0 Å². The number of hydrogen-bond acceptors (Lipinski definition) is 3. The first-order valence-electron chi connectivity index (χ1n) is 4.77. The van der Waals surface area contributed by atoms with Gasteiger partial charge in [0.1, 0.15) is 0 Å². The van der Waals surface area contributed by atoms with E-state index in [1.54, 1.807) is 11.3 Å². The Hall–Kier alpha value is -0.870. The van der Waals surface area contributed by atoms with Gasteiger partial charge in [0.05, 0.1) is 22.3 Å². The van der Waals surface area contributed by atoms with Crippen molar-refractivity contribution in [1.29, 1.82) is 0 Å². The van der Waals surface area contributed by atoms with Gasteiger partial charge in [-0.1, -0.05) is 0 Å². The van der Waals surface area contributed by atoms with Gasteiger partial charge in [-0.15, -0.1) is 22.9 Å². The summed E-state index contributed by atoms with van der Waals surface area (Å²) in [6.45, 7) is 2.87. The fourth-order valence-electron chi connectivity index (χ4n) is 1.32. The van der Waals surface area contributed by atoms with Crippen molar-refractivity contribution in [3.63, 3.8) is 0 Å². The molecule has 0 saturated heterocycles. The molecule has 15 heavy (non-hydrogen) atoms. The number of aryl methyl sites for hydroxylation is 3. The van der Waals surface area contributed by atoms with Crippen LogP contribution in [0.5, 0.6) is 0 Å². The van der Waals surface area contributed by atoms with Crippen molar-refractivity contribution < 1.29 is 0 Å². The minimum atomic E-state index is 0.497. The van der Waals surface area contributed by atoms with Crippen LogP contribution in [0.3, 0.4) is 0 Å². The molecular formula is C10H12ClN3S. The minimum absolute atomic E-state index is 0.497. The highest BCUT2D eigenvalue weighted by Crippen LogP contribution is 2.12. The van der Waals surface area contributed by atoms with Crippen molar-refractivity contribution >= 4 is 22.9 Å². The normalized spacial score (nSPS) is 10.8. The second kappa shape index (κ2) is 4.77. The maximum absolute atomic E-state index is 5.69. The molecule has 3 nitrogen and oxygen atoms in total. The lowest BCUT2D eigenvalue weighted by molar-refractivity contribution is 0.608. The van der Waals surface area contributed by atoms with Crippen molar-refractivity contribution in [2.24, 2.45) is 0 Å². The Morgan fingerprint density at radius 1 is 1.53 bits per heavy atom. The van der Waals surface area contributed by atoms with Crippen LogP contribution in [0.4, 0.5) is 0 Å². The third kappa shape index (κ3) is 2.79. The third-order valence-corrected chi connectivity index (χ3v) is 3.30. The van der Waals surface area contributed by atoms with Gasteiger partial charge in [-0.3, -0.25) is 4.68 Å². The fourth-order valence-corrected chi connectivity index (χ4v) is 2.34. The summed E-state index contributed by atoms with van der Waals surface area (Å²) < 4.78 is 1.94. The van der Waals surface area contributed by atoms with E-state index in [4.69, 9.17) is 11.6 Å². The van der Waals surface area contributed by atoms with Crippen molar-refractivity contribution in [2.45, 2.75) is 25.8 Å². The summed E-state index contributed by atoms with van der Waals surface area (Å²) in [5.41, 5.74) is 2.02. The molecule has 0 aliphatic heterocycles. The molecule has 80 valence electrons. The van der Waals surface area contributed by atoms with E-state index >= 15 is 0 Å². The van der Waals surface area contributed by atoms with Crippen LogP contribution in [-0.4, -0.2) is 14.8 Å². The van der Waals surface area contributed by atoms with Gasteiger partial charge in [0.25, 0.3) is 0 Å². The number of aromatic nitrogens is 3. The molecule has 0 saturated carbocycles. The quantitative estimate of drug-likeness (QED) is 0.771. The van der Waals surface area contributed by atoms with E-state index in [0.29, 0.717) is 5.88 Å². The average molecular weight is 242 g/mol. The third-order valence-electron chi connectivity index (χ3n) is 2.06. The monoisotopic (exact) mass is 241 g/mol. The lowest BCUT2D eigenvalue weighted by atomic mass is 10.4. The van der Waals surface area contributed by atoms with Crippen molar-refractivity contribution in [1.82, 2.24) is 14.8 Å². The van der Waals surface area contributed by atoms with Gasteiger partial charge in [-0.25, -0.2) is 4.98 Å². The first-order valence-corrected chi connectivity index (χ1v) is 6.18. The number of nitrogens with zero attached hydrogens (tertiary/aromatic N) is 3. The average Bonchev–Trinajstić information content (AvgIpc) is 2.83. The highest BCUT2D eigenvalue weighted by Gasteiger charge is 2.01. The molecule has 0 radical (unpaired) electrons. The van der Waals surface area contributed by atoms with Crippen molar-refractivity contribution in [2.75, 3.05) is 0 Å². The molecular weight excluding hydrogens is 230 g/mol. The molecule has 2 rings (SSSR count). The van der Waals surface area contributed by atoms with E-state index < -0.39 is 0 Å². The Bertz CT molecular complexity index is 435. The number of thiazole rings is 1. The summed E-state index contributed by atoms with van der Waals surface area (Å²) in [5.74, 6) is 0.497. The Labute approximate surface area is 97.7 Å². The summed E-state index contributed by atoms with van der Waals surface area (Å²) in [7, 11) is 0. The zero-order valence-corrected chi connectivity index (χ0v) is 10.1. The Balaban J connectivity index is 1.93. The Morgan fingerprint density at radius 3 is 3.00 bits per heavy atom. The fraction of sp³-hybridized carbons (Fsp3) is 0.400. The van der Waals surface area contributed by atoms with E-state index in [2.05, 4.69) is 10.1 Å². The highest BCUT2D eigenvalue weighted by molar-refractivity contribution is 7.09. The van der Waals surface area contributed by atoms with Gasteiger partial charge in [-0.05, 0) is 13.0 Å². The number of hydrogen-bond donors (Lipinski definition) is 0. The van der Waals surface area contributed by atoms with E-state index in [0.717, 1.165) is 29.4 Å². The first-order chi connectivity index (χ1) is 7.28. The predicted molar refractivity (Wildman–Crippen MR) is 62.3 cm³/mol. The van der Waals surface area contributed by atoms with Crippen molar-refractivity contribution in [3.05, 3.63) is 34.0 Å². The topological polar surface area (TPSA) is 30.7 Å². The maximum Gasteiger partial charge on any atom is 0.0947 e. The zero-order chi connectivity index (χ0) is 10.7. The van der Waals surface area contributed by atoms with Crippen LogP contribution in [0.2, 0.25) is 0 Å². The summed E-state index contributed by atoms with van der Waals surface area (Å²) >= 11 is 7.35. The maximum atomic E-state index is 5.69. The summed E-state index contributed by atoms with van der Waals surface area (Å²) in [5, 5.41) is 7.45. The van der Waals surface area contributed by atoms with E-state index in [9.17, 15) is 0 Å². The molecule has 0 unspecified atom stereocenters. The molecule has 0 fully saturated rings. The molecule has 0 N–H and O–H groups in total. The van der Waals surface area contributed by atoms with Crippen LogP contribution in [0.1, 0.15) is 16.4 Å². The second-order valence-corrected chi connectivity index (χ2v) is 4.55. The van der Waals surface area contributed by atoms with Crippen LogP contribution < -0.4 is 0 Å². The Morgan fingerprint density at radius 2 is 2.40 bits per heavy atom.